The smallest absolute Gasteiger partial charge is 0.0649 e. The van der Waals surface area contributed by atoms with Gasteiger partial charge in [0.25, 0.3) is 0 Å². The van der Waals surface area contributed by atoms with Crippen LogP contribution in [0.15, 0.2) is 25.3 Å². The minimum absolute atomic E-state index is 0. The molecule has 0 aromatic carbocycles. The second kappa shape index (κ2) is 9.67. The molecule has 0 unspecified atom stereocenters. The van der Waals surface area contributed by atoms with Crippen LogP contribution in [0.5, 0.6) is 0 Å². The Morgan fingerprint density at radius 2 is 1.50 bits per heavy atom. The van der Waals surface area contributed by atoms with Gasteiger partial charge in [0.15, 0.2) is 0 Å². The van der Waals surface area contributed by atoms with Crippen molar-refractivity contribution < 1.29 is 4.74 Å². The Hall–Kier alpha value is -0.560. The molecule has 1 nitrogen and oxygen atoms in total. The van der Waals surface area contributed by atoms with E-state index in [0.29, 0.717) is 13.2 Å². The first-order valence-corrected chi connectivity index (χ1v) is 2.21. The van der Waals surface area contributed by atoms with Crippen LogP contribution in [-0.4, -0.2) is 13.2 Å². The summed E-state index contributed by atoms with van der Waals surface area (Å²) in [7, 11) is 0. The maximum absolute atomic E-state index is 4.90. The fourth-order valence-electron chi connectivity index (χ4n) is 0.235. The monoisotopic (exact) mass is 114 g/mol. The lowest BCUT2D eigenvalue weighted by Crippen LogP contribution is -1.87. The number of ether oxygens (including phenoxy) is 1. The lowest BCUT2D eigenvalue weighted by atomic mass is 10.6. The zero-order valence-electron chi connectivity index (χ0n) is 4.39. The molecule has 0 saturated carbocycles. The summed E-state index contributed by atoms with van der Waals surface area (Å²) in [5, 5.41) is 0. The molecule has 0 aliphatic heterocycles. The molecule has 0 fully saturated rings. The second-order valence-corrected chi connectivity index (χ2v) is 1.11. The third-order valence-electron chi connectivity index (χ3n) is 0.471. The molecule has 0 aromatic heterocycles. The van der Waals surface area contributed by atoms with E-state index in [1.807, 2.05) is 0 Å². The molecule has 0 radical (unpaired) electrons. The van der Waals surface area contributed by atoms with E-state index in [2.05, 4.69) is 13.2 Å². The minimum atomic E-state index is 0. The highest BCUT2D eigenvalue weighted by atomic mass is 16.5. The molecule has 0 aliphatic carbocycles. The molecular weight excluding hydrogens is 100 g/mol. The number of rotatable bonds is 4. The molecule has 0 amide bonds. The molecule has 8 heavy (non-hydrogen) atoms. The van der Waals surface area contributed by atoms with E-state index in [-0.39, 0.29) is 7.43 Å². The van der Waals surface area contributed by atoms with Crippen LogP contribution < -0.4 is 0 Å². The second-order valence-electron chi connectivity index (χ2n) is 1.11. The molecule has 0 aromatic rings. The van der Waals surface area contributed by atoms with Crippen molar-refractivity contribution in [1.29, 1.82) is 0 Å². The molecule has 48 valence electrons. The van der Waals surface area contributed by atoms with Crippen molar-refractivity contribution in [3.8, 4) is 0 Å². The Balaban J connectivity index is 0. The maximum Gasteiger partial charge on any atom is 0.0649 e. The Morgan fingerprint density at radius 1 is 1.12 bits per heavy atom. The molecule has 0 aliphatic rings. The van der Waals surface area contributed by atoms with E-state index in [9.17, 15) is 0 Å². The average molecular weight is 114 g/mol. The van der Waals surface area contributed by atoms with Gasteiger partial charge in [-0.15, -0.1) is 13.2 Å². The third-order valence-corrected chi connectivity index (χ3v) is 0.471. The summed E-state index contributed by atoms with van der Waals surface area (Å²) in [5.74, 6) is 0. The van der Waals surface area contributed by atoms with E-state index in [0.717, 1.165) is 0 Å². The molecule has 0 rings (SSSR count). The average Bonchev–Trinajstić information content (AvgIpc) is 1.69. The van der Waals surface area contributed by atoms with Gasteiger partial charge in [-0.1, -0.05) is 19.6 Å². The molecule has 0 bridgehead atoms. The van der Waals surface area contributed by atoms with Crippen molar-refractivity contribution in [1.82, 2.24) is 0 Å². The summed E-state index contributed by atoms with van der Waals surface area (Å²) in [6.45, 7) is 8.18. The maximum atomic E-state index is 4.90. The quantitative estimate of drug-likeness (QED) is 0.401. The van der Waals surface area contributed by atoms with Crippen molar-refractivity contribution in [2.45, 2.75) is 7.43 Å². The Morgan fingerprint density at radius 3 is 1.75 bits per heavy atom. The summed E-state index contributed by atoms with van der Waals surface area (Å²) in [4.78, 5) is 0. The van der Waals surface area contributed by atoms with E-state index in [1.165, 1.54) is 0 Å². The van der Waals surface area contributed by atoms with Gasteiger partial charge in [0.05, 0.1) is 13.2 Å². The van der Waals surface area contributed by atoms with Crippen LogP contribution >= 0.6 is 0 Å². The Kier molecular flexibility index (Phi) is 12.6. The highest BCUT2D eigenvalue weighted by Gasteiger charge is 1.70. The Labute approximate surface area is 51.7 Å². The normalized spacial score (nSPS) is 7.00. The fraction of sp³-hybridized carbons (Fsp3) is 0.429. The van der Waals surface area contributed by atoms with Crippen LogP contribution in [0.2, 0.25) is 0 Å². The molecular formula is C7H14O. The van der Waals surface area contributed by atoms with Gasteiger partial charge >= 0.3 is 0 Å². The first kappa shape index (κ1) is 10.4. The molecule has 0 spiro atoms. The first-order valence-electron chi connectivity index (χ1n) is 2.21. The largest absolute Gasteiger partial charge is 0.373 e. The van der Waals surface area contributed by atoms with Gasteiger partial charge in [-0.25, -0.2) is 0 Å². The first-order chi connectivity index (χ1) is 3.41. The van der Waals surface area contributed by atoms with Crippen LogP contribution in [0.25, 0.3) is 0 Å². The van der Waals surface area contributed by atoms with Gasteiger partial charge in [-0.05, 0) is 0 Å². The third kappa shape index (κ3) is 9.06. The van der Waals surface area contributed by atoms with Crippen molar-refractivity contribution in [3.63, 3.8) is 0 Å². The molecule has 0 heterocycles. The topological polar surface area (TPSA) is 9.23 Å². The lowest BCUT2D eigenvalue weighted by Gasteiger charge is -1.89. The lowest BCUT2D eigenvalue weighted by molar-refractivity contribution is 0.194. The number of hydrogen-bond acceptors (Lipinski definition) is 1. The fourth-order valence-corrected chi connectivity index (χ4v) is 0.235. The van der Waals surface area contributed by atoms with Crippen LogP contribution in [0.1, 0.15) is 7.43 Å². The van der Waals surface area contributed by atoms with Crippen LogP contribution in [0.3, 0.4) is 0 Å². The van der Waals surface area contributed by atoms with Crippen molar-refractivity contribution in [3.05, 3.63) is 25.3 Å². The molecule has 0 atom stereocenters. The predicted octanol–water partition coefficient (Wildman–Crippen LogP) is 2.01. The SMILES string of the molecule is C.C=CCOCC=C. The highest BCUT2D eigenvalue weighted by molar-refractivity contribution is 4.68. The van der Waals surface area contributed by atoms with E-state index >= 15 is 0 Å². The van der Waals surface area contributed by atoms with Crippen LogP contribution in [0, 0.1) is 0 Å². The molecule has 0 saturated heterocycles. The highest BCUT2D eigenvalue weighted by Crippen LogP contribution is 1.72. The molecule has 0 N–H and O–H groups in total. The molecule has 1 heteroatoms. The summed E-state index contributed by atoms with van der Waals surface area (Å²) < 4.78 is 4.90. The van der Waals surface area contributed by atoms with E-state index in [4.69, 9.17) is 4.74 Å². The number of hydrogen-bond donors (Lipinski definition) is 0. The van der Waals surface area contributed by atoms with Crippen molar-refractivity contribution >= 4 is 0 Å². The van der Waals surface area contributed by atoms with Gasteiger partial charge < -0.3 is 4.74 Å². The van der Waals surface area contributed by atoms with Crippen molar-refractivity contribution in [2.24, 2.45) is 0 Å². The Bertz CT molecular complexity index is 49.4. The summed E-state index contributed by atoms with van der Waals surface area (Å²) >= 11 is 0. The zero-order chi connectivity index (χ0) is 5.54. The van der Waals surface area contributed by atoms with Crippen molar-refractivity contribution in [2.75, 3.05) is 13.2 Å². The van der Waals surface area contributed by atoms with E-state index in [1.54, 1.807) is 12.2 Å². The van der Waals surface area contributed by atoms with Gasteiger partial charge in [-0.2, -0.15) is 0 Å². The van der Waals surface area contributed by atoms with Gasteiger partial charge in [0.1, 0.15) is 0 Å². The summed E-state index contributed by atoms with van der Waals surface area (Å²) in [6, 6.07) is 0. The van der Waals surface area contributed by atoms with Crippen LogP contribution in [0.4, 0.5) is 0 Å². The standard InChI is InChI=1S/C6H10O.CH4/c1-3-5-7-6-4-2;/h3-4H,1-2,5-6H2;1H4. The van der Waals surface area contributed by atoms with Crippen LogP contribution in [-0.2, 0) is 4.74 Å². The predicted molar refractivity (Wildman–Crippen MR) is 37.9 cm³/mol. The summed E-state index contributed by atoms with van der Waals surface area (Å²) in [5.41, 5.74) is 0. The van der Waals surface area contributed by atoms with Gasteiger partial charge in [0.2, 0.25) is 0 Å². The van der Waals surface area contributed by atoms with E-state index < -0.39 is 0 Å². The summed E-state index contributed by atoms with van der Waals surface area (Å²) in [6.07, 6.45) is 3.42. The zero-order valence-corrected chi connectivity index (χ0v) is 4.39. The minimum Gasteiger partial charge on any atom is -0.373 e. The van der Waals surface area contributed by atoms with Gasteiger partial charge in [0, 0.05) is 0 Å². The van der Waals surface area contributed by atoms with Gasteiger partial charge in [-0.3, -0.25) is 0 Å².